The lowest BCUT2D eigenvalue weighted by molar-refractivity contribution is -0.385. The Morgan fingerprint density at radius 2 is 2.03 bits per heavy atom. The van der Waals surface area contributed by atoms with Crippen LogP contribution in [0.2, 0.25) is 0 Å². The van der Waals surface area contributed by atoms with E-state index >= 15 is 0 Å². The molecule has 0 spiro atoms. The van der Waals surface area contributed by atoms with E-state index in [1.807, 2.05) is 6.92 Å². The average Bonchev–Trinajstić information content (AvgIpc) is 3.04. The molecule has 3 rings (SSSR count). The summed E-state index contributed by atoms with van der Waals surface area (Å²) >= 11 is 1.08. The molecular formula is C18H18N4O6S2. The molecular weight excluding hydrogens is 432 g/mol. The third kappa shape index (κ3) is 4.62. The minimum atomic E-state index is -3.90. The van der Waals surface area contributed by atoms with Crippen LogP contribution in [-0.2, 0) is 21.3 Å². The minimum absolute atomic E-state index is 0.0650. The number of hydrogen-bond acceptors (Lipinski definition) is 7. The van der Waals surface area contributed by atoms with Crippen molar-refractivity contribution >= 4 is 43.2 Å². The zero-order valence-corrected chi connectivity index (χ0v) is 17.5. The Bertz CT molecular complexity index is 1290. The Hall–Kier alpha value is -2.93. The normalized spacial score (nSPS) is 12.4. The summed E-state index contributed by atoms with van der Waals surface area (Å²) in [5, 5.41) is 16.4. The summed E-state index contributed by atoms with van der Waals surface area (Å²) in [5.41, 5.74) is 0.160. The predicted molar refractivity (Wildman–Crippen MR) is 111 cm³/mol. The van der Waals surface area contributed by atoms with Crippen molar-refractivity contribution in [2.75, 3.05) is 13.2 Å². The van der Waals surface area contributed by atoms with Crippen molar-refractivity contribution in [2.45, 2.75) is 18.4 Å². The minimum Gasteiger partial charge on any atom is -0.380 e. The summed E-state index contributed by atoms with van der Waals surface area (Å²) in [6.07, 6.45) is 0. The molecule has 0 bridgehead atoms. The Morgan fingerprint density at radius 3 is 2.70 bits per heavy atom. The molecule has 3 aromatic rings. The fourth-order valence-corrected chi connectivity index (χ4v) is 4.50. The smallest absolute Gasteiger partial charge is 0.286 e. The number of nitro groups is 1. The number of ether oxygens (including phenoxy) is 1. The number of thiazole rings is 1. The molecule has 1 aromatic heterocycles. The lowest BCUT2D eigenvalue weighted by atomic mass is 10.2. The second kappa shape index (κ2) is 8.83. The summed E-state index contributed by atoms with van der Waals surface area (Å²) in [4.78, 5) is 27.6. The van der Waals surface area contributed by atoms with E-state index in [1.165, 1.54) is 36.4 Å². The van der Waals surface area contributed by atoms with Crippen LogP contribution < -0.4 is 9.94 Å². The van der Waals surface area contributed by atoms with Crippen LogP contribution in [0.15, 0.2) is 52.4 Å². The summed E-state index contributed by atoms with van der Waals surface area (Å²) in [5.74, 6) is -0.773. The Labute approximate surface area is 175 Å². The van der Waals surface area contributed by atoms with E-state index < -0.39 is 20.9 Å². The first-order valence-electron chi connectivity index (χ1n) is 8.78. The van der Waals surface area contributed by atoms with Crippen molar-refractivity contribution in [2.24, 2.45) is 10.1 Å². The van der Waals surface area contributed by atoms with Crippen LogP contribution in [0.5, 0.6) is 0 Å². The van der Waals surface area contributed by atoms with Gasteiger partial charge in [0.1, 0.15) is 5.56 Å². The van der Waals surface area contributed by atoms with Crippen molar-refractivity contribution in [1.82, 2.24) is 4.57 Å². The van der Waals surface area contributed by atoms with Crippen molar-refractivity contribution < 1.29 is 22.9 Å². The number of carbonyl (C=O) groups excluding carboxylic acids is 1. The zero-order chi connectivity index (χ0) is 21.9. The van der Waals surface area contributed by atoms with Gasteiger partial charge in [0.2, 0.25) is 10.0 Å². The summed E-state index contributed by atoms with van der Waals surface area (Å²) in [7, 11) is -3.90. The standard InChI is InChI=1S/C18H18N4O6S2/c1-2-28-10-9-21-15-8-7-12(30(19,26)27)11-16(15)29-18(21)20-17(23)13-5-3-4-6-14(13)22(24)25/h3-8,11H,2,9-10H2,1H3,(H2,19,26,27). The van der Waals surface area contributed by atoms with Gasteiger partial charge in [0.25, 0.3) is 11.6 Å². The first-order chi connectivity index (χ1) is 14.2. The number of sulfonamides is 1. The molecule has 10 nitrogen and oxygen atoms in total. The highest BCUT2D eigenvalue weighted by molar-refractivity contribution is 7.89. The molecule has 158 valence electrons. The third-order valence-corrected chi connectivity index (χ3v) is 6.13. The number of nitro benzene ring substituents is 1. The molecule has 2 aromatic carbocycles. The van der Waals surface area contributed by atoms with E-state index in [2.05, 4.69) is 4.99 Å². The number of carbonyl (C=O) groups is 1. The largest absolute Gasteiger partial charge is 0.380 e. The van der Waals surface area contributed by atoms with Crippen LogP contribution in [0, 0.1) is 10.1 Å². The number of hydrogen-bond donors (Lipinski definition) is 1. The van der Waals surface area contributed by atoms with Gasteiger partial charge >= 0.3 is 0 Å². The Morgan fingerprint density at radius 1 is 1.30 bits per heavy atom. The number of rotatable bonds is 7. The summed E-state index contributed by atoms with van der Waals surface area (Å²) < 4.78 is 30.9. The molecule has 0 unspecified atom stereocenters. The monoisotopic (exact) mass is 450 g/mol. The van der Waals surface area contributed by atoms with E-state index in [1.54, 1.807) is 10.6 Å². The van der Waals surface area contributed by atoms with Gasteiger partial charge in [-0.15, -0.1) is 0 Å². The predicted octanol–water partition coefficient (Wildman–Crippen LogP) is 2.04. The molecule has 1 heterocycles. The quantitative estimate of drug-likeness (QED) is 0.331. The molecule has 0 saturated carbocycles. The molecule has 12 heteroatoms. The van der Waals surface area contributed by atoms with Gasteiger partial charge in [-0.2, -0.15) is 4.99 Å². The number of aromatic nitrogens is 1. The number of para-hydroxylation sites is 1. The maximum Gasteiger partial charge on any atom is 0.286 e. The van der Waals surface area contributed by atoms with Crippen LogP contribution >= 0.6 is 11.3 Å². The first kappa shape index (κ1) is 21.8. The molecule has 0 aliphatic heterocycles. The van der Waals surface area contributed by atoms with E-state index in [-0.39, 0.29) is 20.9 Å². The van der Waals surface area contributed by atoms with Gasteiger partial charge in [-0.1, -0.05) is 23.5 Å². The fourth-order valence-electron chi connectivity index (χ4n) is 2.79. The number of fused-ring (bicyclic) bond motifs is 1. The third-order valence-electron chi connectivity index (χ3n) is 4.17. The van der Waals surface area contributed by atoms with Crippen molar-refractivity contribution in [1.29, 1.82) is 0 Å². The van der Waals surface area contributed by atoms with Gasteiger partial charge in [-0.05, 0) is 31.2 Å². The van der Waals surface area contributed by atoms with Crippen molar-refractivity contribution in [3.63, 3.8) is 0 Å². The second-order valence-corrected chi connectivity index (χ2v) is 8.67. The van der Waals surface area contributed by atoms with Crippen LogP contribution in [-0.4, -0.2) is 37.0 Å². The van der Waals surface area contributed by atoms with Crippen LogP contribution in [0.25, 0.3) is 10.2 Å². The molecule has 0 aliphatic rings. The molecule has 0 aliphatic carbocycles. The average molecular weight is 450 g/mol. The van der Waals surface area contributed by atoms with E-state index in [4.69, 9.17) is 9.88 Å². The Kier molecular flexibility index (Phi) is 6.41. The highest BCUT2D eigenvalue weighted by Gasteiger charge is 2.19. The summed E-state index contributed by atoms with van der Waals surface area (Å²) in [6.45, 7) is 3.04. The molecule has 30 heavy (non-hydrogen) atoms. The maximum atomic E-state index is 12.7. The van der Waals surface area contributed by atoms with Crippen LogP contribution in [0.1, 0.15) is 17.3 Å². The van der Waals surface area contributed by atoms with E-state index in [0.717, 1.165) is 11.3 Å². The second-order valence-electron chi connectivity index (χ2n) is 6.10. The molecule has 0 fully saturated rings. The highest BCUT2D eigenvalue weighted by atomic mass is 32.2. The number of nitrogens with zero attached hydrogens (tertiary/aromatic N) is 3. The fraction of sp³-hybridized carbons (Fsp3) is 0.222. The topological polar surface area (TPSA) is 147 Å². The first-order valence-corrected chi connectivity index (χ1v) is 11.1. The Balaban J connectivity index is 2.16. The molecule has 1 amide bonds. The number of amides is 1. The molecule has 0 saturated heterocycles. The van der Waals surface area contributed by atoms with Gasteiger partial charge in [-0.3, -0.25) is 14.9 Å². The van der Waals surface area contributed by atoms with E-state index in [0.29, 0.717) is 30.0 Å². The van der Waals surface area contributed by atoms with Gasteiger partial charge in [0.15, 0.2) is 4.80 Å². The zero-order valence-electron chi connectivity index (χ0n) is 15.8. The van der Waals surface area contributed by atoms with Crippen molar-refractivity contribution in [3.8, 4) is 0 Å². The van der Waals surface area contributed by atoms with Crippen LogP contribution in [0.3, 0.4) is 0 Å². The van der Waals surface area contributed by atoms with Gasteiger partial charge in [-0.25, -0.2) is 13.6 Å². The highest BCUT2D eigenvalue weighted by Crippen LogP contribution is 2.22. The lowest BCUT2D eigenvalue weighted by Crippen LogP contribution is -2.20. The number of primary sulfonamides is 1. The summed E-state index contributed by atoms with van der Waals surface area (Å²) in [6, 6.07) is 9.89. The van der Waals surface area contributed by atoms with Crippen molar-refractivity contribution in [3.05, 3.63) is 62.9 Å². The number of nitrogens with two attached hydrogens (primary N) is 1. The lowest BCUT2D eigenvalue weighted by Gasteiger charge is -2.06. The van der Waals surface area contributed by atoms with Gasteiger partial charge in [0.05, 0.1) is 26.6 Å². The molecule has 0 radical (unpaired) electrons. The van der Waals surface area contributed by atoms with E-state index in [9.17, 15) is 23.3 Å². The molecule has 2 N–H and O–H groups in total. The van der Waals surface area contributed by atoms with Gasteiger partial charge < -0.3 is 9.30 Å². The number of benzene rings is 2. The van der Waals surface area contributed by atoms with Crippen LogP contribution in [0.4, 0.5) is 5.69 Å². The SMILES string of the molecule is CCOCCn1c(=NC(=O)c2ccccc2[N+](=O)[O-])sc2cc(S(N)(=O)=O)ccc21. The van der Waals surface area contributed by atoms with Gasteiger partial charge in [0, 0.05) is 19.2 Å². The maximum absolute atomic E-state index is 12.7. The molecule has 0 atom stereocenters.